The van der Waals surface area contributed by atoms with Crippen LogP contribution in [0, 0.1) is 17.0 Å². The number of nitro groups is 1. The van der Waals surface area contributed by atoms with E-state index in [-0.39, 0.29) is 11.6 Å². The van der Waals surface area contributed by atoms with Crippen LogP contribution in [0.25, 0.3) is 10.2 Å². The van der Waals surface area contributed by atoms with Crippen molar-refractivity contribution in [3.8, 4) is 0 Å². The Kier molecular flexibility index (Phi) is 4.49. The molecule has 2 heterocycles. The van der Waals surface area contributed by atoms with Crippen LogP contribution in [-0.2, 0) is 0 Å². The summed E-state index contributed by atoms with van der Waals surface area (Å²) in [5, 5.41) is 14.5. The lowest BCUT2D eigenvalue weighted by atomic mass is 10.1. The molecule has 2 aromatic carbocycles. The molecular weight excluding hydrogens is 364 g/mol. The van der Waals surface area contributed by atoms with E-state index in [1.54, 1.807) is 6.07 Å². The molecule has 1 aromatic heterocycles. The van der Waals surface area contributed by atoms with Crippen molar-refractivity contribution in [2.24, 2.45) is 0 Å². The van der Waals surface area contributed by atoms with Gasteiger partial charge in [0.15, 0.2) is 5.13 Å². The van der Waals surface area contributed by atoms with Gasteiger partial charge < -0.3 is 4.90 Å². The number of nitro benzene ring substituents is 1. The molecule has 3 aromatic rings. The molecule has 0 atom stereocenters. The second kappa shape index (κ2) is 6.96. The van der Waals surface area contributed by atoms with E-state index < -0.39 is 4.92 Å². The molecular formula is C19H18N4O3S. The molecule has 0 radical (unpaired) electrons. The highest BCUT2D eigenvalue weighted by atomic mass is 32.1. The molecule has 1 saturated heterocycles. The third-order valence-electron chi connectivity index (χ3n) is 4.72. The summed E-state index contributed by atoms with van der Waals surface area (Å²) in [5.41, 5.74) is 2.84. The van der Waals surface area contributed by atoms with Crippen LogP contribution in [0.1, 0.15) is 28.8 Å². The lowest BCUT2D eigenvalue weighted by Crippen LogP contribution is -2.23. The van der Waals surface area contributed by atoms with Gasteiger partial charge in [0.1, 0.15) is 0 Å². The molecule has 138 valence electrons. The Balaban J connectivity index is 1.69. The lowest BCUT2D eigenvalue weighted by Gasteiger charge is -2.20. The topological polar surface area (TPSA) is 88.4 Å². The highest BCUT2D eigenvalue weighted by Crippen LogP contribution is 2.31. The molecule has 0 bridgehead atoms. The summed E-state index contributed by atoms with van der Waals surface area (Å²) in [6.07, 6.45) is 2.10. The van der Waals surface area contributed by atoms with E-state index in [2.05, 4.69) is 15.2 Å². The standard InChI is InChI=1S/C19H18N4O3S/c1-12-5-4-6-16-17(12)20-19(27-16)21-18(24)14-11-13(23(25)26)7-8-15(14)22-9-2-3-10-22/h4-8,11H,2-3,9-10H2,1H3,(H,20,21,24). The number of aromatic nitrogens is 1. The maximum atomic E-state index is 12.9. The van der Waals surface area contributed by atoms with Gasteiger partial charge in [-0.15, -0.1) is 0 Å². The smallest absolute Gasteiger partial charge is 0.270 e. The number of fused-ring (bicyclic) bond motifs is 1. The van der Waals surface area contributed by atoms with Gasteiger partial charge >= 0.3 is 0 Å². The zero-order valence-electron chi connectivity index (χ0n) is 14.8. The molecule has 0 unspecified atom stereocenters. The number of anilines is 2. The molecule has 4 rings (SSSR count). The van der Waals surface area contributed by atoms with E-state index in [1.165, 1.54) is 23.5 Å². The summed E-state index contributed by atoms with van der Waals surface area (Å²) in [7, 11) is 0. The van der Waals surface area contributed by atoms with Crippen molar-refractivity contribution < 1.29 is 9.72 Å². The molecule has 8 heteroatoms. The predicted molar refractivity (Wildman–Crippen MR) is 107 cm³/mol. The summed E-state index contributed by atoms with van der Waals surface area (Å²) in [4.78, 5) is 30.2. The van der Waals surface area contributed by atoms with Crippen molar-refractivity contribution in [1.82, 2.24) is 4.98 Å². The Hall–Kier alpha value is -3.00. The first kappa shape index (κ1) is 17.4. The Labute approximate surface area is 159 Å². The van der Waals surface area contributed by atoms with Gasteiger partial charge in [-0.2, -0.15) is 0 Å². The number of amides is 1. The number of nitrogens with zero attached hydrogens (tertiary/aromatic N) is 3. The van der Waals surface area contributed by atoms with Crippen LogP contribution in [0.2, 0.25) is 0 Å². The summed E-state index contributed by atoms with van der Waals surface area (Å²) in [6, 6.07) is 10.3. The first-order chi connectivity index (χ1) is 13.0. The minimum absolute atomic E-state index is 0.0942. The fourth-order valence-corrected chi connectivity index (χ4v) is 4.30. The van der Waals surface area contributed by atoms with Gasteiger partial charge in [0.2, 0.25) is 0 Å². The second-order valence-electron chi connectivity index (χ2n) is 6.55. The Morgan fingerprint density at radius 1 is 1.26 bits per heavy atom. The van der Waals surface area contributed by atoms with Gasteiger partial charge in [0.25, 0.3) is 11.6 Å². The summed E-state index contributed by atoms with van der Waals surface area (Å²) in [6.45, 7) is 3.66. The first-order valence-corrected chi connectivity index (χ1v) is 9.55. The molecule has 1 N–H and O–H groups in total. The summed E-state index contributed by atoms with van der Waals surface area (Å²) >= 11 is 1.39. The first-order valence-electron chi connectivity index (χ1n) is 8.74. The van der Waals surface area contributed by atoms with Gasteiger partial charge in [0, 0.05) is 25.2 Å². The van der Waals surface area contributed by atoms with E-state index in [4.69, 9.17) is 0 Å². The zero-order chi connectivity index (χ0) is 19.0. The van der Waals surface area contributed by atoms with Gasteiger partial charge in [-0.3, -0.25) is 20.2 Å². The van der Waals surface area contributed by atoms with Gasteiger partial charge in [0.05, 0.1) is 26.4 Å². The van der Waals surface area contributed by atoms with Crippen molar-refractivity contribution in [1.29, 1.82) is 0 Å². The number of rotatable bonds is 4. The molecule has 1 amide bonds. The second-order valence-corrected chi connectivity index (χ2v) is 7.58. The minimum atomic E-state index is -0.481. The maximum absolute atomic E-state index is 12.9. The SMILES string of the molecule is Cc1cccc2sc(NC(=O)c3cc([N+](=O)[O-])ccc3N3CCCC3)nc12. The Morgan fingerprint density at radius 3 is 2.74 bits per heavy atom. The van der Waals surface area contributed by atoms with Crippen LogP contribution in [-0.4, -0.2) is 28.9 Å². The molecule has 1 aliphatic rings. The molecule has 27 heavy (non-hydrogen) atoms. The third-order valence-corrected chi connectivity index (χ3v) is 5.66. The van der Waals surface area contributed by atoms with Crippen molar-refractivity contribution in [2.75, 3.05) is 23.3 Å². The van der Waals surface area contributed by atoms with Crippen LogP contribution >= 0.6 is 11.3 Å². The number of aryl methyl sites for hydroxylation is 1. The third kappa shape index (κ3) is 3.35. The number of carbonyl (C=O) groups is 1. The zero-order valence-corrected chi connectivity index (χ0v) is 15.6. The van der Waals surface area contributed by atoms with Gasteiger partial charge in [-0.1, -0.05) is 23.5 Å². The molecule has 1 fully saturated rings. The number of non-ortho nitro benzene ring substituents is 1. The van der Waals surface area contributed by atoms with Crippen LogP contribution in [0.5, 0.6) is 0 Å². The number of hydrogen-bond donors (Lipinski definition) is 1. The number of benzene rings is 2. The van der Waals surface area contributed by atoms with Crippen LogP contribution in [0.3, 0.4) is 0 Å². The number of para-hydroxylation sites is 1. The number of carbonyl (C=O) groups excluding carboxylic acids is 1. The van der Waals surface area contributed by atoms with Crippen LogP contribution in [0.4, 0.5) is 16.5 Å². The highest BCUT2D eigenvalue weighted by molar-refractivity contribution is 7.22. The highest BCUT2D eigenvalue weighted by Gasteiger charge is 2.23. The van der Waals surface area contributed by atoms with E-state index in [9.17, 15) is 14.9 Å². The summed E-state index contributed by atoms with van der Waals surface area (Å²) < 4.78 is 0.990. The van der Waals surface area contributed by atoms with E-state index in [0.29, 0.717) is 10.7 Å². The average molecular weight is 382 g/mol. The van der Waals surface area contributed by atoms with Gasteiger partial charge in [-0.25, -0.2) is 4.98 Å². The quantitative estimate of drug-likeness (QED) is 0.535. The number of thiazole rings is 1. The van der Waals surface area contributed by atoms with Gasteiger partial charge in [-0.05, 0) is 37.5 Å². The van der Waals surface area contributed by atoms with E-state index in [0.717, 1.165) is 47.4 Å². The normalized spacial score (nSPS) is 13.9. The monoisotopic (exact) mass is 382 g/mol. The Bertz CT molecular complexity index is 1040. The van der Waals surface area contributed by atoms with Crippen molar-refractivity contribution in [3.05, 3.63) is 57.6 Å². The van der Waals surface area contributed by atoms with Crippen LogP contribution < -0.4 is 10.2 Å². The van der Waals surface area contributed by atoms with Crippen LogP contribution in [0.15, 0.2) is 36.4 Å². The average Bonchev–Trinajstić information content (AvgIpc) is 3.31. The number of nitrogens with one attached hydrogen (secondary N) is 1. The van der Waals surface area contributed by atoms with Crippen molar-refractivity contribution >= 4 is 44.0 Å². The number of hydrogen-bond acceptors (Lipinski definition) is 6. The minimum Gasteiger partial charge on any atom is -0.371 e. The largest absolute Gasteiger partial charge is 0.371 e. The van der Waals surface area contributed by atoms with Crippen molar-refractivity contribution in [2.45, 2.75) is 19.8 Å². The van der Waals surface area contributed by atoms with E-state index in [1.807, 2.05) is 25.1 Å². The van der Waals surface area contributed by atoms with E-state index >= 15 is 0 Å². The molecule has 7 nitrogen and oxygen atoms in total. The fraction of sp³-hybridized carbons (Fsp3) is 0.263. The Morgan fingerprint density at radius 2 is 2.04 bits per heavy atom. The van der Waals surface area contributed by atoms with Crippen molar-refractivity contribution in [3.63, 3.8) is 0 Å². The molecule has 1 aliphatic heterocycles. The summed E-state index contributed by atoms with van der Waals surface area (Å²) in [5.74, 6) is -0.377. The molecule has 0 spiro atoms. The fourth-order valence-electron chi connectivity index (χ4n) is 3.36. The molecule has 0 saturated carbocycles. The maximum Gasteiger partial charge on any atom is 0.270 e. The molecule has 0 aliphatic carbocycles. The lowest BCUT2D eigenvalue weighted by molar-refractivity contribution is -0.384. The predicted octanol–water partition coefficient (Wildman–Crippen LogP) is 4.37.